The number of hydrogen-bond acceptors (Lipinski definition) is 3. The number of benzene rings is 1. The standard InChI is InChI=1S/C15H15ClF2N2S/c16-13-5-4-12(21-13)15(20-8-6-19-7-9-20)14-10(17)2-1-3-11(14)18/h1-5,15,19H,6-9H2/t15-/m0/s1. The number of hydrogen-bond donors (Lipinski definition) is 1. The number of piperazine rings is 1. The molecule has 0 radical (unpaired) electrons. The molecule has 112 valence electrons. The molecule has 1 aliphatic heterocycles. The van der Waals surface area contributed by atoms with Gasteiger partial charge in [0.25, 0.3) is 0 Å². The van der Waals surface area contributed by atoms with Crippen molar-refractivity contribution in [1.29, 1.82) is 0 Å². The summed E-state index contributed by atoms with van der Waals surface area (Å²) >= 11 is 7.38. The number of nitrogens with one attached hydrogen (secondary N) is 1. The molecule has 0 saturated carbocycles. The van der Waals surface area contributed by atoms with Gasteiger partial charge in [0.05, 0.1) is 10.4 Å². The molecule has 6 heteroatoms. The highest BCUT2D eigenvalue weighted by atomic mass is 35.5. The maximum Gasteiger partial charge on any atom is 0.131 e. The van der Waals surface area contributed by atoms with Crippen LogP contribution in [0.15, 0.2) is 30.3 Å². The highest BCUT2D eigenvalue weighted by molar-refractivity contribution is 7.16. The molecule has 1 saturated heterocycles. The topological polar surface area (TPSA) is 15.3 Å². The van der Waals surface area contributed by atoms with Crippen LogP contribution in [-0.4, -0.2) is 31.1 Å². The van der Waals surface area contributed by atoms with Crippen molar-refractivity contribution in [2.75, 3.05) is 26.2 Å². The second kappa shape index (κ2) is 6.40. The van der Waals surface area contributed by atoms with Crippen molar-refractivity contribution in [3.8, 4) is 0 Å². The zero-order chi connectivity index (χ0) is 14.8. The SMILES string of the molecule is Fc1cccc(F)c1[C@H](c1ccc(Cl)s1)N1CCNCC1. The molecule has 2 nitrogen and oxygen atoms in total. The predicted octanol–water partition coefficient (Wildman–Crippen LogP) is 3.67. The molecule has 2 aromatic rings. The monoisotopic (exact) mass is 328 g/mol. The summed E-state index contributed by atoms with van der Waals surface area (Å²) in [6.45, 7) is 3.11. The lowest BCUT2D eigenvalue weighted by Gasteiger charge is -2.35. The first-order valence-corrected chi connectivity index (χ1v) is 8.00. The van der Waals surface area contributed by atoms with Gasteiger partial charge in [-0.05, 0) is 24.3 Å². The molecule has 0 spiro atoms. The van der Waals surface area contributed by atoms with E-state index < -0.39 is 17.7 Å². The van der Waals surface area contributed by atoms with Crippen LogP contribution in [0.1, 0.15) is 16.5 Å². The van der Waals surface area contributed by atoms with Gasteiger partial charge >= 0.3 is 0 Å². The van der Waals surface area contributed by atoms with Gasteiger partial charge in [-0.15, -0.1) is 11.3 Å². The first-order chi connectivity index (χ1) is 10.2. The first-order valence-electron chi connectivity index (χ1n) is 6.81. The molecular formula is C15H15ClF2N2S. The Morgan fingerprint density at radius 3 is 2.33 bits per heavy atom. The van der Waals surface area contributed by atoms with Crippen molar-refractivity contribution in [2.24, 2.45) is 0 Å². The van der Waals surface area contributed by atoms with Gasteiger partial charge < -0.3 is 5.32 Å². The summed E-state index contributed by atoms with van der Waals surface area (Å²) in [7, 11) is 0. The zero-order valence-electron chi connectivity index (χ0n) is 11.3. The van der Waals surface area contributed by atoms with E-state index in [0.29, 0.717) is 4.34 Å². The van der Waals surface area contributed by atoms with E-state index in [1.54, 1.807) is 6.07 Å². The fourth-order valence-electron chi connectivity index (χ4n) is 2.69. The molecule has 1 atom stereocenters. The molecule has 1 aromatic carbocycles. The molecule has 1 N–H and O–H groups in total. The lowest BCUT2D eigenvalue weighted by atomic mass is 10.0. The summed E-state index contributed by atoms with van der Waals surface area (Å²) in [6, 6.07) is 7.21. The summed E-state index contributed by atoms with van der Waals surface area (Å²) in [5.41, 5.74) is 0.109. The van der Waals surface area contributed by atoms with Crippen LogP contribution in [0.4, 0.5) is 8.78 Å². The smallest absolute Gasteiger partial charge is 0.131 e. The van der Waals surface area contributed by atoms with E-state index in [1.807, 2.05) is 6.07 Å². The largest absolute Gasteiger partial charge is 0.314 e. The molecule has 1 aromatic heterocycles. The second-order valence-electron chi connectivity index (χ2n) is 4.97. The van der Waals surface area contributed by atoms with Crippen molar-refractivity contribution in [2.45, 2.75) is 6.04 Å². The van der Waals surface area contributed by atoms with Crippen LogP contribution in [0, 0.1) is 11.6 Å². The fraction of sp³-hybridized carbons (Fsp3) is 0.333. The summed E-state index contributed by atoms with van der Waals surface area (Å²) in [5, 5.41) is 3.26. The normalized spacial score (nSPS) is 17.9. The lowest BCUT2D eigenvalue weighted by molar-refractivity contribution is 0.194. The molecule has 1 fully saturated rings. The van der Waals surface area contributed by atoms with Crippen LogP contribution in [-0.2, 0) is 0 Å². The molecule has 0 unspecified atom stereocenters. The molecule has 0 aliphatic carbocycles. The summed E-state index contributed by atoms with van der Waals surface area (Å²) < 4.78 is 29.1. The van der Waals surface area contributed by atoms with Crippen molar-refractivity contribution in [3.05, 3.63) is 56.7 Å². The predicted molar refractivity (Wildman–Crippen MR) is 82.0 cm³/mol. The molecule has 2 heterocycles. The molecule has 21 heavy (non-hydrogen) atoms. The zero-order valence-corrected chi connectivity index (χ0v) is 12.9. The fourth-order valence-corrected chi connectivity index (χ4v) is 3.90. The third-order valence-corrected chi connectivity index (χ3v) is 4.94. The summed E-state index contributed by atoms with van der Waals surface area (Å²) in [5.74, 6) is -1.02. The minimum absolute atomic E-state index is 0.109. The van der Waals surface area contributed by atoms with E-state index in [9.17, 15) is 8.78 Å². The van der Waals surface area contributed by atoms with Gasteiger partial charge in [-0.25, -0.2) is 8.78 Å². The third-order valence-electron chi connectivity index (χ3n) is 3.65. The summed E-state index contributed by atoms with van der Waals surface area (Å²) in [6.07, 6.45) is 0. The maximum absolute atomic E-state index is 14.2. The molecule has 0 bridgehead atoms. The third kappa shape index (κ3) is 3.11. The van der Waals surface area contributed by atoms with Crippen molar-refractivity contribution in [1.82, 2.24) is 10.2 Å². The van der Waals surface area contributed by atoms with Crippen LogP contribution in [0.3, 0.4) is 0 Å². The lowest BCUT2D eigenvalue weighted by Crippen LogP contribution is -2.45. The Balaban J connectivity index is 2.07. The van der Waals surface area contributed by atoms with Crippen molar-refractivity contribution >= 4 is 22.9 Å². The van der Waals surface area contributed by atoms with Gasteiger partial charge in [-0.3, -0.25) is 4.90 Å². The van der Waals surface area contributed by atoms with Crippen LogP contribution in [0.25, 0.3) is 0 Å². The average Bonchev–Trinajstić information content (AvgIpc) is 2.90. The number of thiophene rings is 1. The van der Waals surface area contributed by atoms with Gasteiger partial charge in [0.15, 0.2) is 0 Å². The van der Waals surface area contributed by atoms with E-state index in [2.05, 4.69) is 10.2 Å². The van der Waals surface area contributed by atoms with Crippen LogP contribution < -0.4 is 5.32 Å². The van der Waals surface area contributed by atoms with E-state index in [4.69, 9.17) is 11.6 Å². The van der Waals surface area contributed by atoms with Crippen LogP contribution in [0.5, 0.6) is 0 Å². The molecule has 3 rings (SSSR count). The number of nitrogens with zero attached hydrogens (tertiary/aromatic N) is 1. The Bertz CT molecular complexity index is 606. The Hall–Kier alpha value is -1.01. The molecular weight excluding hydrogens is 314 g/mol. The van der Waals surface area contributed by atoms with Gasteiger partial charge in [-0.1, -0.05) is 17.7 Å². The van der Waals surface area contributed by atoms with E-state index in [0.717, 1.165) is 31.1 Å². The van der Waals surface area contributed by atoms with Crippen molar-refractivity contribution < 1.29 is 8.78 Å². The highest BCUT2D eigenvalue weighted by Gasteiger charge is 2.29. The minimum atomic E-state index is -0.511. The number of halogens is 3. The summed E-state index contributed by atoms with van der Waals surface area (Å²) in [4.78, 5) is 2.96. The Kier molecular flexibility index (Phi) is 4.54. The van der Waals surface area contributed by atoms with Crippen LogP contribution >= 0.6 is 22.9 Å². The van der Waals surface area contributed by atoms with E-state index >= 15 is 0 Å². The van der Waals surface area contributed by atoms with E-state index in [-0.39, 0.29) is 5.56 Å². The first kappa shape index (κ1) is 14.9. The van der Waals surface area contributed by atoms with E-state index in [1.165, 1.54) is 29.5 Å². The highest BCUT2D eigenvalue weighted by Crippen LogP contribution is 2.37. The quantitative estimate of drug-likeness (QED) is 0.924. The molecule has 0 amide bonds. The van der Waals surface area contributed by atoms with Crippen molar-refractivity contribution in [3.63, 3.8) is 0 Å². The number of rotatable bonds is 3. The molecule has 1 aliphatic rings. The maximum atomic E-state index is 14.2. The van der Waals surface area contributed by atoms with Gasteiger partial charge in [0.2, 0.25) is 0 Å². The van der Waals surface area contributed by atoms with Gasteiger partial charge in [0.1, 0.15) is 11.6 Å². The minimum Gasteiger partial charge on any atom is -0.314 e. The van der Waals surface area contributed by atoms with Gasteiger partial charge in [0, 0.05) is 36.6 Å². The Morgan fingerprint density at radius 2 is 1.76 bits per heavy atom. The Morgan fingerprint density at radius 1 is 1.10 bits per heavy atom. The average molecular weight is 329 g/mol. The van der Waals surface area contributed by atoms with Crippen LogP contribution in [0.2, 0.25) is 4.34 Å². The van der Waals surface area contributed by atoms with Gasteiger partial charge in [-0.2, -0.15) is 0 Å². The second-order valence-corrected chi connectivity index (χ2v) is 6.71. The Labute approximate surface area is 131 Å².